The molecule has 0 aliphatic rings. The number of benzene rings is 1. The molecule has 0 fully saturated rings. The minimum atomic E-state index is -0.205. The summed E-state index contributed by atoms with van der Waals surface area (Å²) in [7, 11) is 0. The molecule has 2 aromatic rings. The van der Waals surface area contributed by atoms with Gasteiger partial charge >= 0.3 is 0 Å². The van der Waals surface area contributed by atoms with E-state index in [1.807, 2.05) is 26.0 Å². The van der Waals surface area contributed by atoms with Crippen LogP contribution in [-0.2, 0) is 19.3 Å². The summed E-state index contributed by atoms with van der Waals surface area (Å²) >= 11 is 0. The van der Waals surface area contributed by atoms with Crippen LogP contribution in [0.2, 0.25) is 0 Å². The maximum absolute atomic E-state index is 9.54. The number of rotatable bonds is 7. The molecule has 22 heavy (non-hydrogen) atoms. The largest absolute Gasteiger partial charge is 0.508 e. The summed E-state index contributed by atoms with van der Waals surface area (Å²) < 4.78 is 0. The number of nitrogens with one attached hydrogen (secondary N) is 1. The lowest BCUT2D eigenvalue weighted by Crippen LogP contribution is -2.28. The van der Waals surface area contributed by atoms with E-state index in [9.17, 15) is 10.2 Å². The third-order valence-corrected chi connectivity index (χ3v) is 3.48. The lowest BCUT2D eigenvalue weighted by molar-refractivity contribution is 0.273. The lowest BCUT2D eigenvalue weighted by Gasteiger charge is -2.17. The van der Waals surface area contributed by atoms with Crippen molar-refractivity contribution in [3.05, 3.63) is 41.2 Å². The Morgan fingerprint density at radius 1 is 1.05 bits per heavy atom. The Morgan fingerprint density at radius 2 is 1.73 bits per heavy atom. The Bertz CT molecular complexity index is 602. The van der Waals surface area contributed by atoms with Gasteiger partial charge in [0.2, 0.25) is 5.95 Å². The van der Waals surface area contributed by atoms with Crippen LogP contribution in [0.25, 0.3) is 0 Å². The van der Waals surface area contributed by atoms with Crippen LogP contribution < -0.4 is 5.32 Å². The fourth-order valence-electron chi connectivity index (χ4n) is 2.26. The topological polar surface area (TPSA) is 91.2 Å². The maximum atomic E-state index is 9.54. The molecular weight excluding hydrogens is 280 g/mol. The van der Waals surface area contributed by atoms with E-state index in [2.05, 4.69) is 20.5 Å². The van der Waals surface area contributed by atoms with Gasteiger partial charge in [-0.15, -0.1) is 5.10 Å². The molecule has 1 atom stereocenters. The first-order valence-electron chi connectivity index (χ1n) is 7.54. The zero-order valence-corrected chi connectivity index (χ0v) is 13.0. The molecule has 0 unspecified atom stereocenters. The van der Waals surface area contributed by atoms with Gasteiger partial charge in [-0.1, -0.05) is 26.0 Å². The van der Waals surface area contributed by atoms with Crippen LogP contribution in [0.15, 0.2) is 24.3 Å². The van der Waals surface area contributed by atoms with Gasteiger partial charge in [-0.2, -0.15) is 5.10 Å². The maximum Gasteiger partial charge on any atom is 0.243 e. The molecule has 0 saturated heterocycles. The normalized spacial score (nSPS) is 12.1. The molecule has 1 aromatic carbocycles. The standard InChI is InChI=1S/C16H22N4O2/c1-3-14-15(4-2)19-20-16(18-14)17-12(10-21)9-11-5-7-13(22)8-6-11/h5-8,12,21-22H,3-4,9-10H2,1-2H3,(H,17,18,20)/t12-/m0/s1. The van der Waals surface area contributed by atoms with Crippen molar-refractivity contribution in [2.45, 2.75) is 39.2 Å². The number of aromatic hydroxyl groups is 1. The van der Waals surface area contributed by atoms with E-state index >= 15 is 0 Å². The molecule has 3 N–H and O–H groups in total. The SMILES string of the molecule is CCc1nnc(N[C@H](CO)Cc2ccc(O)cc2)nc1CC. The highest BCUT2D eigenvalue weighted by Gasteiger charge is 2.12. The summed E-state index contributed by atoms with van der Waals surface area (Å²) in [6.07, 6.45) is 2.21. The molecule has 0 radical (unpaired) electrons. The number of phenolic OH excluding ortho intramolecular Hbond substituents is 1. The van der Waals surface area contributed by atoms with E-state index < -0.39 is 0 Å². The van der Waals surface area contributed by atoms with Crippen LogP contribution in [-0.4, -0.2) is 38.0 Å². The number of aromatic nitrogens is 3. The molecule has 0 aliphatic carbocycles. The summed E-state index contributed by atoms with van der Waals surface area (Å²) in [5.74, 6) is 0.666. The first kappa shape index (κ1) is 16.2. The number of hydrogen-bond acceptors (Lipinski definition) is 6. The predicted molar refractivity (Wildman–Crippen MR) is 84.9 cm³/mol. The molecule has 0 spiro atoms. The molecule has 1 heterocycles. The lowest BCUT2D eigenvalue weighted by atomic mass is 10.1. The summed E-state index contributed by atoms with van der Waals surface area (Å²) in [5, 5.41) is 30.2. The number of aliphatic hydroxyl groups is 1. The highest BCUT2D eigenvalue weighted by Crippen LogP contribution is 2.13. The second kappa shape index (κ2) is 7.70. The van der Waals surface area contributed by atoms with Crippen LogP contribution in [0.4, 0.5) is 5.95 Å². The molecule has 6 heteroatoms. The second-order valence-electron chi connectivity index (χ2n) is 5.13. The van der Waals surface area contributed by atoms with E-state index in [0.717, 1.165) is 29.8 Å². The number of phenols is 1. The number of nitrogens with zero attached hydrogens (tertiary/aromatic N) is 3. The third kappa shape index (κ3) is 4.14. The van der Waals surface area contributed by atoms with Crippen molar-refractivity contribution in [2.75, 3.05) is 11.9 Å². The first-order valence-corrected chi connectivity index (χ1v) is 7.54. The van der Waals surface area contributed by atoms with Gasteiger partial charge in [0.1, 0.15) is 5.75 Å². The van der Waals surface area contributed by atoms with E-state index in [1.54, 1.807) is 12.1 Å². The summed E-state index contributed by atoms with van der Waals surface area (Å²) in [6.45, 7) is 4.02. The fraction of sp³-hybridized carbons (Fsp3) is 0.438. The van der Waals surface area contributed by atoms with Crippen LogP contribution in [0, 0.1) is 0 Å². The van der Waals surface area contributed by atoms with E-state index in [1.165, 1.54) is 0 Å². The molecule has 6 nitrogen and oxygen atoms in total. The monoisotopic (exact) mass is 302 g/mol. The van der Waals surface area contributed by atoms with Crippen molar-refractivity contribution in [3.8, 4) is 5.75 Å². The van der Waals surface area contributed by atoms with Gasteiger partial charge in [0.05, 0.1) is 24.0 Å². The van der Waals surface area contributed by atoms with E-state index in [-0.39, 0.29) is 18.4 Å². The Hall–Kier alpha value is -2.21. The predicted octanol–water partition coefficient (Wildman–Crippen LogP) is 1.72. The van der Waals surface area contributed by atoms with Crippen LogP contribution >= 0.6 is 0 Å². The molecular formula is C16H22N4O2. The van der Waals surface area contributed by atoms with Crippen molar-refractivity contribution in [1.82, 2.24) is 15.2 Å². The number of aryl methyl sites for hydroxylation is 2. The summed E-state index contributed by atoms with van der Waals surface area (Å²) in [4.78, 5) is 4.47. The third-order valence-electron chi connectivity index (χ3n) is 3.48. The van der Waals surface area contributed by atoms with Gasteiger partial charge in [-0.3, -0.25) is 0 Å². The average Bonchev–Trinajstić information content (AvgIpc) is 2.56. The summed E-state index contributed by atoms with van der Waals surface area (Å²) in [6, 6.07) is 6.72. The first-order chi connectivity index (χ1) is 10.7. The summed E-state index contributed by atoms with van der Waals surface area (Å²) in [5.41, 5.74) is 2.85. The molecule has 0 bridgehead atoms. The van der Waals surface area contributed by atoms with Crippen molar-refractivity contribution in [3.63, 3.8) is 0 Å². The molecule has 2 rings (SSSR count). The van der Waals surface area contributed by atoms with Gasteiger partial charge in [0.25, 0.3) is 0 Å². The van der Waals surface area contributed by atoms with Crippen LogP contribution in [0.1, 0.15) is 30.8 Å². The van der Waals surface area contributed by atoms with Crippen molar-refractivity contribution in [1.29, 1.82) is 0 Å². The van der Waals surface area contributed by atoms with Crippen molar-refractivity contribution in [2.24, 2.45) is 0 Å². The average molecular weight is 302 g/mol. The molecule has 0 amide bonds. The Balaban J connectivity index is 2.07. The second-order valence-corrected chi connectivity index (χ2v) is 5.13. The Kier molecular flexibility index (Phi) is 5.66. The number of anilines is 1. The fourth-order valence-corrected chi connectivity index (χ4v) is 2.26. The molecule has 1 aromatic heterocycles. The van der Waals surface area contributed by atoms with Gasteiger partial charge in [-0.25, -0.2) is 4.98 Å². The minimum absolute atomic E-state index is 0.0405. The van der Waals surface area contributed by atoms with Crippen LogP contribution in [0.3, 0.4) is 0 Å². The Morgan fingerprint density at radius 3 is 2.32 bits per heavy atom. The molecule has 0 saturated carbocycles. The highest BCUT2D eigenvalue weighted by molar-refractivity contribution is 5.30. The molecule has 0 aliphatic heterocycles. The number of hydrogen-bond donors (Lipinski definition) is 3. The van der Waals surface area contributed by atoms with Gasteiger partial charge in [0, 0.05) is 0 Å². The molecule has 118 valence electrons. The number of aliphatic hydroxyl groups excluding tert-OH is 1. The zero-order chi connectivity index (χ0) is 15.9. The smallest absolute Gasteiger partial charge is 0.243 e. The highest BCUT2D eigenvalue weighted by atomic mass is 16.3. The van der Waals surface area contributed by atoms with Gasteiger partial charge in [0.15, 0.2) is 0 Å². The quantitative estimate of drug-likeness (QED) is 0.721. The van der Waals surface area contributed by atoms with Gasteiger partial charge < -0.3 is 15.5 Å². The minimum Gasteiger partial charge on any atom is -0.508 e. The zero-order valence-electron chi connectivity index (χ0n) is 13.0. The van der Waals surface area contributed by atoms with Crippen LogP contribution in [0.5, 0.6) is 5.75 Å². The van der Waals surface area contributed by atoms with E-state index in [0.29, 0.717) is 12.4 Å². The van der Waals surface area contributed by atoms with E-state index in [4.69, 9.17) is 0 Å². The van der Waals surface area contributed by atoms with Crippen molar-refractivity contribution < 1.29 is 10.2 Å². The van der Waals surface area contributed by atoms with Gasteiger partial charge in [-0.05, 0) is 37.0 Å². The van der Waals surface area contributed by atoms with Crippen molar-refractivity contribution >= 4 is 5.95 Å². The Labute approximate surface area is 130 Å².